The molecule has 3 nitrogen and oxygen atoms in total. The van der Waals surface area contributed by atoms with Gasteiger partial charge < -0.3 is 5.32 Å². The van der Waals surface area contributed by atoms with Gasteiger partial charge >= 0.3 is 0 Å². The van der Waals surface area contributed by atoms with Crippen molar-refractivity contribution in [3.05, 3.63) is 17.5 Å². The molecule has 0 aromatic carbocycles. The van der Waals surface area contributed by atoms with E-state index < -0.39 is 0 Å². The number of aromatic nitrogens is 2. The van der Waals surface area contributed by atoms with Crippen molar-refractivity contribution in [1.29, 1.82) is 0 Å². The van der Waals surface area contributed by atoms with Crippen molar-refractivity contribution in [1.82, 2.24) is 15.1 Å². The molecular weight excluding hydrogens is 186 g/mol. The van der Waals surface area contributed by atoms with Gasteiger partial charge in [0, 0.05) is 30.9 Å². The number of nitrogens with one attached hydrogen (secondary N) is 1. The van der Waals surface area contributed by atoms with E-state index in [9.17, 15) is 0 Å². The van der Waals surface area contributed by atoms with Gasteiger partial charge in [-0.1, -0.05) is 20.8 Å². The molecule has 0 aliphatic heterocycles. The minimum atomic E-state index is 0.324. The van der Waals surface area contributed by atoms with E-state index in [1.54, 1.807) is 0 Å². The SMILES string of the molecule is Cc1c(C(C)NCC(C)(C)C)cnn1C. The second-order valence-electron chi connectivity index (χ2n) is 5.47. The molecule has 0 spiro atoms. The van der Waals surface area contributed by atoms with E-state index in [1.807, 2.05) is 17.9 Å². The van der Waals surface area contributed by atoms with E-state index in [0.717, 1.165) is 6.54 Å². The van der Waals surface area contributed by atoms with Crippen molar-refractivity contribution in [2.75, 3.05) is 6.54 Å². The molecule has 86 valence electrons. The fraction of sp³-hybridized carbons (Fsp3) is 0.750. The first-order chi connectivity index (χ1) is 6.81. The molecule has 1 atom stereocenters. The Labute approximate surface area is 92.9 Å². The van der Waals surface area contributed by atoms with Crippen LogP contribution in [0.1, 0.15) is 45.0 Å². The first kappa shape index (κ1) is 12.2. The first-order valence-electron chi connectivity index (χ1n) is 5.53. The molecule has 0 saturated carbocycles. The molecule has 0 aliphatic carbocycles. The maximum absolute atomic E-state index is 4.26. The van der Waals surface area contributed by atoms with Crippen molar-refractivity contribution < 1.29 is 0 Å². The van der Waals surface area contributed by atoms with E-state index in [2.05, 4.69) is 45.0 Å². The lowest BCUT2D eigenvalue weighted by Crippen LogP contribution is -2.29. The highest BCUT2D eigenvalue weighted by atomic mass is 15.3. The second-order valence-corrected chi connectivity index (χ2v) is 5.47. The Morgan fingerprint density at radius 2 is 2.07 bits per heavy atom. The smallest absolute Gasteiger partial charge is 0.0540 e. The molecule has 0 saturated heterocycles. The third kappa shape index (κ3) is 3.34. The topological polar surface area (TPSA) is 29.9 Å². The molecule has 15 heavy (non-hydrogen) atoms. The molecule has 0 aliphatic rings. The van der Waals surface area contributed by atoms with Gasteiger partial charge in [0.1, 0.15) is 0 Å². The summed E-state index contributed by atoms with van der Waals surface area (Å²) in [4.78, 5) is 0. The summed E-state index contributed by atoms with van der Waals surface area (Å²) >= 11 is 0. The molecule has 1 N–H and O–H groups in total. The lowest BCUT2D eigenvalue weighted by atomic mass is 9.96. The quantitative estimate of drug-likeness (QED) is 0.828. The minimum absolute atomic E-state index is 0.324. The Hall–Kier alpha value is -0.830. The maximum atomic E-state index is 4.26. The molecule has 1 unspecified atom stereocenters. The molecule has 1 heterocycles. The highest BCUT2D eigenvalue weighted by molar-refractivity contribution is 5.19. The zero-order valence-corrected chi connectivity index (χ0v) is 10.8. The number of nitrogens with zero attached hydrogens (tertiary/aromatic N) is 2. The van der Waals surface area contributed by atoms with Crippen LogP contribution in [-0.2, 0) is 7.05 Å². The number of aryl methyl sites for hydroxylation is 1. The van der Waals surface area contributed by atoms with E-state index in [0.29, 0.717) is 11.5 Å². The van der Waals surface area contributed by atoms with Gasteiger partial charge in [0.2, 0.25) is 0 Å². The van der Waals surface area contributed by atoms with Crippen LogP contribution in [0.5, 0.6) is 0 Å². The first-order valence-corrected chi connectivity index (χ1v) is 5.53. The molecule has 0 radical (unpaired) electrons. The predicted octanol–water partition coefficient (Wildman–Crippen LogP) is 2.43. The van der Waals surface area contributed by atoms with Crippen LogP contribution in [-0.4, -0.2) is 16.3 Å². The molecule has 3 heteroatoms. The highest BCUT2D eigenvalue weighted by Crippen LogP contribution is 2.18. The number of hydrogen-bond donors (Lipinski definition) is 1. The lowest BCUT2D eigenvalue weighted by Gasteiger charge is -2.22. The maximum Gasteiger partial charge on any atom is 0.0540 e. The normalized spacial score (nSPS) is 14.3. The van der Waals surface area contributed by atoms with Crippen LogP contribution in [0, 0.1) is 12.3 Å². The van der Waals surface area contributed by atoms with Gasteiger partial charge in [-0.2, -0.15) is 5.10 Å². The summed E-state index contributed by atoms with van der Waals surface area (Å²) in [5, 5.41) is 7.80. The van der Waals surface area contributed by atoms with Crippen molar-refractivity contribution >= 4 is 0 Å². The zero-order chi connectivity index (χ0) is 11.6. The molecule has 1 aromatic rings. The van der Waals surface area contributed by atoms with Crippen LogP contribution in [0.3, 0.4) is 0 Å². The van der Waals surface area contributed by atoms with Gasteiger partial charge in [0.05, 0.1) is 6.20 Å². The number of hydrogen-bond acceptors (Lipinski definition) is 2. The van der Waals surface area contributed by atoms with Gasteiger partial charge in [-0.05, 0) is 19.3 Å². The van der Waals surface area contributed by atoms with Gasteiger partial charge in [0.15, 0.2) is 0 Å². The van der Waals surface area contributed by atoms with Crippen molar-refractivity contribution in [2.24, 2.45) is 12.5 Å². The van der Waals surface area contributed by atoms with Crippen LogP contribution in [0.4, 0.5) is 0 Å². The summed E-state index contributed by atoms with van der Waals surface area (Å²) < 4.78 is 1.92. The van der Waals surface area contributed by atoms with Crippen molar-refractivity contribution in [3.8, 4) is 0 Å². The third-order valence-corrected chi connectivity index (χ3v) is 2.68. The van der Waals surface area contributed by atoms with E-state index in [4.69, 9.17) is 0 Å². The van der Waals surface area contributed by atoms with E-state index in [-0.39, 0.29) is 0 Å². The second kappa shape index (κ2) is 4.35. The minimum Gasteiger partial charge on any atom is -0.310 e. The van der Waals surface area contributed by atoms with Crippen LogP contribution in [0.2, 0.25) is 0 Å². The van der Waals surface area contributed by atoms with Gasteiger partial charge in [-0.15, -0.1) is 0 Å². The van der Waals surface area contributed by atoms with E-state index in [1.165, 1.54) is 11.3 Å². The fourth-order valence-electron chi connectivity index (χ4n) is 1.51. The third-order valence-electron chi connectivity index (χ3n) is 2.68. The summed E-state index contributed by atoms with van der Waals surface area (Å²) in [5.74, 6) is 0. The summed E-state index contributed by atoms with van der Waals surface area (Å²) in [5.41, 5.74) is 2.86. The van der Waals surface area contributed by atoms with Gasteiger partial charge in [-0.3, -0.25) is 4.68 Å². The van der Waals surface area contributed by atoms with Gasteiger partial charge in [-0.25, -0.2) is 0 Å². The van der Waals surface area contributed by atoms with Crippen LogP contribution in [0.25, 0.3) is 0 Å². The lowest BCUT2D eigenvalue weighted by molar-refractivity contribution is 0.359. The summed E-state index contributed by atoms with van der Waals surface area (Å²) in [6.45, 7) is 12.0. The average molecular weight is 209 g/mol. The molecule has 0 amide bonds. The Balaban J connectivity index is 2.62. The summed E-state index contributed by atoms with van der Waals surface area (Å²) in [7, 11) is 1.98. The molecular formula is C12H23N3. The molecule has 0 fully saturated rings. The Morgan fingerprint density at radius 1 is 1.47 bits per heavy atom. The molecule has 1 aromatic heterocycles. The summed E-state index contributed by atoms with van der Waals surface area (Å²) in [6, 6.07) is 0.373. The van der Waals surface area contributed by atoms with Crippen molar-refractivity contribution in [3.63, 3.8) is 0 Å². The average Bonchev–Trinajstić information content (AvgIpc) is 2.43. The van der Waals surface area contributed by atoms with E-state index >= 15 is 0 Å². The Bertz CT molecular complexity index is 320. The monoisotopic (exact) mass is 209 g/mol. The molecule has 1 rings (SSSR count). The Kier molecular flexibility index (Phi) is 3.55. The largest absolute Gasteiger partial charge is 0.310 e. The zero-order valence-electron chi connectivity index (χ0n) is 10.8. The predicted molar refractivity (Wildman–Crippen MR) is 63.8 cm³/mol. The van der Waals surface area contributed by atoms with Crippen LogP contribution >= 0.6 is 0 Å². The van der Waals surface area contributed by atoms with Gasteiger partial charge in [0.25, 0.3) is 0 Å². The fourth-order valence-corrected chi connectivity index (χ4v) is 1.51. The van der Waals surface area contributed by atoms with Crippen LogP contribution in [0.15, 0.2) is 6.20 Å². The highest BCUT2D eigenvalue weighted by Gasteiger charge is 2.15. The molecule has 0 bridgehead atoms. The Morgan fingerprint density at radius 3 is 2.47 bits per heavy atom. The standard InChI is InChI=1S/C12H23N3/c1-9(13-8-12(3,4)5)11-7-14-15(6)10(11)2/h7,9,13H,8H2,1-6H3. The van der Waals surface area contributed by atoms with Crippen molar-refractivity contribution in [2.45, 2.75) is 40.7 Å². The number of rotatable bonds is 3. The van der Waals surface area contributed by atoms with Crippen LogP contribution < -0.4 is 5.32 Å². The summed E-state index contributed by atoms with van der Waals surface area (Å²) in [6.07, 6.45) is 1.95.